The van der Waals surface area contributed by atoms with Gasteiger partial charge in [0.15, 0.2) is 0 Å². The maximum Gasteiger partial charge on any atom is 0.124 e. The first-order valence-electron chi connectivity index (χ1n) is 10.2. The monoisotopic (exact) mass is 513 g/mol. The van der Waals surface area contributed by atoms with Gasteiger partial charge in [-0.1, -0.05) is 49.4 Å². The minimum absolute atomic E-state index is 0.460. The zero-order valence-electron chi connectivity index (χ0n) is 17.9. The highest BCUT2D eigenvalue weighted by atomic mass is 79.9. The summed E-state index contributed by atoms with van der Waals surface area (Å²) in [6.07, 6.45) is 3.67. The Hall–Kier alpha value is -1.99. The number of rotatable bonds is 7. The number of aromatic nitrogens is 3. The fourth-order valence-corrected chi connectivity index (χ4v) is 4.72. The minimum Gasteiger partial charge on any atom is -0.361 e. The molecule has 0 unspecified atom stereocenters. The Labute approximate surface area is 197 Å². The van der Waals surface area contributed by atoms with Crippen molar-refractivity contribution >= 4 is 46.5 Å². The Morgan fingerprint density at radius 1 is 1.03 bits per heavy atom. The van der Waals surface area contributed by atoms with E-state index >= 15 is 0 Å². The van der Waals surface area contributed by atoms with Crippen molar-refractivity contribution in [2.24, 2.45) is 0 Å². The summed E-state index contributed by atoms with van der Waals surface area (Å²) in [5.41, 5.74) is 4.90. The number of fused-ring (bicyclic) bond motifs is 1. The Bertz CT molecular complexity index is 1220. The lowest BCUT2D eigenvalue weighted by molar-refractivity contribution is 0.0882. The quantitative estimate of drug-likeness (QED) is 0.189. The molecule has 0 N–H and O–H groups in total. The van der Waals surface area contributed by atoms with Crippen molar-refractivity contribution < 1.29 is 4.74 Å². The molecule has 0 amide bonds. The maximum atomic E-state index is 6.27. The summed E-state index contributed by atoms with van der Waals surface area (Å²) in [5.74, 6) is 0. The smallest absolute Gasteiger partial charge is 0.124 e. The Kier molecular flexibility index (Phi) is 6.62. The van der Waals surface area contributed by atoms with Crippen LogP contribution in [0.4, 0.5) is 0 Å². The van der Waals surface area contributed by atoms with Gasteiger partial charge in [-0.05, 0) is 52.3 Å². The highest BCUT2D eigenvalue weighted by Gasteiger charge is 2.17. The summed E-state index contributed by atoms with van der Waals surface area (Å²) in [6, 6.07) is 17.3. The van der Waals surface area contributed by atoms with Crippen molar-refractivity contribution in [2.75, 3.05) is 6.61 Å². The van der Waals surface area contributed by atoms with Crippen molar-refractivity contribution in [1.82, 2.24) is 14.5 Å². The maximum absolute atomic E-state index is 6.27. The van der Waals surface area contributed by atoms with Gasteiger partial charge in [-0.15, -0.1) is 0 Å². The van der Waals surface area contributed by atoms with E-state index in [2.05, 4.69) is 63.3 Å². The molecule has 0 bridgehead atoms. The van der Waals surface area contributed by atoms with Crippen molar-refractivity contribution in [3.05, 3.63) is 70.6 Å². The second-order valence-corrected chi connectivity index (χ2v) is 15.8. The van der Waals surface area contributed by atoms with Crippen LogP contribution in [0.25, 0.3) is 33.4 Å². The highest BCUT2D eigenvalue weighted by Crippen LogP contribution is 2.34. The molecule has 2 aromatic carbocycles. The first-order valence-corrected chi connectivity index (χ1v) is 15.1. The van der Waals surface area contributed by atoms with Crippen LogP contribution in [0.1, 0.15) is 0 Å². The van der Waals surface area contributed by atoms with E-state index in [0.29, 0.717) is 11.8 Å². The van der Waals surface area contributed by atoms with Gasteiger partial charge in [-0.2, -0.15) is 0 Å². The molecule has 31 heavy (non-hydrogen) atoms. The molecule has 4 aromatic rings. The van der Waals surface area contributed by atoms with E-state index in [0.717, 1.165) is 50.5 Å². The van der Waals surface area contributed by atoms with Gasteiger partial charge >= 0.3 is 0 Å². The third kappa shape index (κ3) is 5.44. The van der Waals surface area contributed by atoms with Crippen LogP contribution >= 0.6 is 27.5 Å². The van der Waals surface area contributed by atoms with E-state index in [1.165, 1.54) is 0 Å². The third-order valence-corrected chi connectivity index (χ3v) is 7.46. The molecule has 7 heteroatoms. The SMILES string of the molecule is C[Si](C)(C)CCOCn1cnc(-c2cccc(Cl)c2)c1-c1ccc2ncc(Br)cc2c1. The van der Waals surface area contributed by atoms with Crippen LogP contribution in [0.2, 0.25) is 30.7 Å². The summed E-state index contributed by atoms with van der Waals surface area (Å²) >= 11 is 9.80. The van der Waals surface area contributed by atoms with Crippen LogP contribution in [0.3, 0.4) is 0 Å². The van der Waals surface area contributed by atoms with Crippen molar-refractivity contribution in [3.8, 4) is 22.5 Å². The number of benzene rings is 2. The molecule has 0 fully saturated rings. The molecule has 0 saturated heterocycles. The number of nitrogens with zero attached hydrogens (tertiary/aromatic N) is 3. The Balaban J connectivity index is 1.75. The molecule has 0 radical (unpaired) electrons. The summed E-state index contributed by atoms with van der Waals surface area (Å²) in [6.45, 7) is 8.29. The van der Waals surface area contributed by atoms with Crippen LogP contribution in [0, 0.1) is 0 Å². The lowest BCUT2D eigenvalue weighted by Crippen LogP contribution is -2.22. The minimum atomic E-state index is -1.14. The van der Waals surface area contributed by atoms with E-state index in [9.17, 15) is 0 Å². The average molecular weight is 515 g/mol. The molecule has 2 heterocycles. The molecule has 0 aliphatic rings. The van der Waals surface area contributed by atoms with Gasteiger partial charge in [-0.25, -0.2) is 4.98 Å². The zero-order valence-corrected chi connectivity index (χ0v) is 21.2. The lowest BCUT2D eigenvalue weighted by atomic mass is 10.0. The van der Waals surface area contributed by atoms with Gasteiger partial charge in [0, 0.05) is 46.9 Å². The number of hydrogen-bond donors (Lipinski definition) is 0. The van der Waals surface area contributed by atoms with E-state index in [1.54, 1.807) is 0 Å². The number of imidazole rings is 1. The van der Waals surface area contributed by atoms with Gasteiger partial charge in [-0.3, -0.25) is 4.98 Å². The van der Waals surface area contributed by atoms with E-state index in [4.69, 9.17) is 21.3 Å². The van der Waals surface area contributed by atoms with Crippen LogP contribution in [-0.4, -0.2) is 29.2 Å². The molecule has 4 nitrogen and oxygen atoms in total. The molecule has 0 aliphatic heterocycles. The summed E-state index contributed by atoms with van der Waals surface area (Å²) < 4.78 is 9.08. The molecule has 0 spiro atoms. The van der Waals surface area contributed by atoms with Gasteiger partial charge in [0.25, 0.3) is 0 Å². The van der Waals surface area contributed by atoms with Gasteiger partial charge in [0.2, 0.25) is 0 Å². The van der Waals surface area contributed by atoms with Crippen molar-refractivity contribution in [2.45, 2.75) is 32.4 Å². The third-order valence-electron chi connectivity index (χ3n) is 5.08. The highest BCUT2D eigenvalue weighted by molar-refractivity contribution is 9.10. The van der Waals surface area contributed by atoms with Crippen molar-refractivity contribution in [3.63, 3.8) is 0 Å². The van der Waals surface area contributed by atoms with Crippen LogP contribution < -0.4 is 0 Å². The second kappa shape index (κ2) is 9.24. The van der Waals surface area contributed by atoms with Gasteiger partial charge < -0.3 is 9.30 Å². The van der Waals surface area contributed by atoms with E-state index in [1.807, 2.05) is 42.9 Å². The normalized spacial score (nSPS) is 11.9. The Morgan fingerprint density at radius 2 is 1.87 bits per heavy atom. The number of halogens is 2. The molecule has 2 aromatic heterocycles. The molecular weight excluding hydrogens is 490 g/mol. The topological polar surface area (TPSA) is 39.9 Å². The summed E-state index contributed by atoms with van der Waals surface area (Å²) in [4.78, 5) is 9.23. The van der Waals surface area contributed by atoms with Crippen LogP contribution in [0.15, 0.2) is 65.5 Å². The van der Waals surface area contributed by atoms with E-state index < -0.39 is 8.07 Å². The second-order valence-electron chi connectivity index (χ2n) is 8.83. The van der Waals surface area contributed by atoms with Crippen LogP contribution in [0.5, 0.6) is 0 Å². The Morgan fingerprint density at radius 3 is 2.65 bits per heavy atom. The average Bonchev–Trinajstić information content (AvgIpc) is 3.14. The first-order chi connectivity index (χ1) is 14.8. The molecular formula is C24H25BrClN3OSi. The molecule has 0 saturated carbocycles. The molecule has 0 atom stereocenters. The largest absolute Gasteiger partial charge is 0.361 e. The van der Waals surface area contributed by atoms with Gasteiger partial charge in [0.1, 0.15) is 6.73 Å². The first kappa shape index (κ1) is 22.2. The molecule has 4 rings (SSSR count). The van der Waals surface area contributed by atoms with Crippen molar-refractivity contribution in [1.29, 1.82) is 0 Å². The number of ether oxygens (including phenoxy) is 1. The predicted molar refractivity (Wildman–Crippen MR) is 135 cm³/mol. The van der Waals surface area contributed by atoms with Crippen LogP contribution in [-0.2, 0) is 11.5 Å². The fraction of sp³-hybridized carbons (Fsp3) is 0.250. The molecule has 0 aliphatic carbocycles. The standard InChI is InChI=1S/C24H25BrClN3OSi/c1-31(2,3)10-9-30-16-29-15-28-23(17-5-4-6-21(26)13-17)24(29)18-7-8-22-19(11-18)12-20(25)14-27-22/h4-8,11-15H,9-10,16H2,1-3H3. The van der Waals surface area contributed by atoms with E-state index in [-0.39, 0.29) is 0 Å². The number of hydrogen-bond acceptors (Lipinski definition) is 3. The van der Waals surface area contributed by atoms with Gasteiger partial charge in [0.05, 0.1) is 23.2 Å². The summed E-state index contributed by atoms with van der Waals surface area (Å²) in [7, 11) is -1.14. The zero-order chi connectivity index (χ0) is 22.0. The molecule has 160 valence electrons. The predicted octanol–water partition coefficient (Wildman–Crippen LogP) is 7.49. The number of pyridine rings is 1. The lowest BCUT2D eigenvalue weighted by Gasteiger charge is -2.16. The summed E-state index contributed by atoms with van der Waals surface area (Å²) in [5, 5.41) is 1.76. The fourth-order valence-electron chi connectivity index (χ4n) is 3.42.